The number of benzene rings is 2. The monoisotopic (exact) mass is 439 g/mol. The second-order valence-corrected chi connectivity index (χ2v) is 9.15. The fourth-order valence-electron chi connectivity index (χ4n) is 3.33. The minimum Gasteiger partial charge on any atom is -0.497 e. The normalized spacial score (nSPS) is 15.8. The van der Waals surface area contributed by atoms with E-state index in [2.05, 4.69) is 0 Å². The summed E-state index contributed by atoms with van der Waals surface area (Å²) in [7, 11) is -0.500. The number of nitrogens with zero attached hydrogens (tertiary/aromatic N) is 1. The van der Waals surface area contributed by atoms with Gasteiger partial charge in [0.15, 0.2) is 0 Å². The molecular weight excluding hydrogens is 416 g/mol. The van der Waals surface area contributed by atoms with Gasteiger partial charge in [-0.25, -0.2) is 8.42 Å². The summed E-state index contributed by atoms with van der Waals surface area (Å²) in [5.74, 6) is 1.02. The Morgan fingerprint density at radius 3 is 2.31 bits per heavy atom. The van der Waals surface area contributed by atoms with Gasteiger partial charge in [-0.1, -0.05) is 11.6 Å². The third-order valence-corrected chi connectivity index (χ3v) is 7.16. The van der Waals surface area contributed by atoms with Crippen molar-refractivity contribution in [3.8, 4) is 11.5 Å². The van der Waals surface area contributed by atoms with Gasteiger partial charge in [-0.3, -0.25) is 4.79 Å². The van der Waals surface area contributed by atoms with E-state index in [4.69, 9.17) is 21.1 Å². The maximum absolute atomic E-state index is 12.8. The number of nitrogens with one attached hydrogen (secondary N) is 1. The van der Waals surface area contributed by atoms with Crippen molar-refractivity contribution in [3.05, 3.63) is 53.1 Å². The Morgan fingerprint density at radius 2 is 1.72 bits per heavy atom. The van der Waals surface area contributed by atoms with E-state index in [1.54, 1.807) is 37.4 Å². The number of Topliss-reactive ketones (excluding diaryl/α,β-unsaturated/α-hetero) is 1. The molecule has 3 rings (SSSR count). The fourth-order valence-corrected chi connectivity index (χ4v) is 4.90. The molecule has 156 valence electrons. The lowest BCUT2D eigenvalue weighted by atomic mass is 10.1. The van der Waals surface area contributed by atoms with E-state index in [0.29, 0.717) is 48.3 Å². The molecule has 0 atom stereocenters. The zero-order valence-corrected chi connectivity index (χ0v) is 17.9. The van der Waals surface area contributed by atoms with Crippen LogP contribution < -0.4 is 14.4 Å². The molecule has 2 aromatic carbocycles. The molecule has 7 nitrogen and oxygen atoms in total. The number of ether oxygens (including phenoxy) is 2. The largest absolute Gasteiger partial charge is 0.497 e. The highest BCUT2D eigenvalue weighted by atomic mass is 35.5. The zero-order valence-electron chi connectivity index (χ0n) is 16.4. The summed E-state index contributed by atoms with van der Waals surface area (Å²) in [5.41, 5.74) is 0.468. The maximum Gasteiger partial charge on any atom is 0.243 e. The number of hydrogen-bond donors (Lipinski definition) is 1. The van der Waals surface area contributed by atoms with Gasteiger partial charge in [0, 0.05) is 5.02 Å². The Labute approximate surface area is 175 Å². The van der Waals surface area contributed by atoms with Crippen LogP contribution in [0.25, 0.3) is 0 Å². The molecule has 1 N–H and O–H groups in total. The highest BCUT2D eigenvalue weighted by Crippen LogP contribution is 2.24. The van der Waals surface area contributed by atoms with Crippen molar-refractivity contribution in [3.63, 3.8) is 0 Å². The van der Waals surface area contributed by atoms with E-state index in [1.807, 2.05) is 0 Å². The van der Waals surface area contributed by atoms with Crippen LogP contribution in [0.15, 0.2) is 47.4 Å². The third-order valence-electron chi connectivity index (χ3n) is 5.00. The quantitative estimate of drug-likeness (QED) is 0.654. The average molecular weight is 440 g/mol. The first-order chi connectivity index (χ1) is 13.8. The highest BCUT2D eigenvalue weighted by molar-refractivity contribution is 7.89. The summed E-state index contributed by atoms with van der Waals surface area (Å²) in [6.45, 7) is 2.06. The lowest BCUT2D eigenvalue weighted by Crippen LogP contribution is -3.15. The van der Waals surface area contributed by atoms with Crippen molar-refractivity contribution in [1.82, 2.24) is 4.31 Å². The predicted octanol–water partition coefficient (Wildman–Crippen LogP) is 1.13. The van der Waals surface area contributed by atoms with Crippen molar-refractivity contribution in [2.24, 2.45) is 0 Å². The second kappa shape index (κ2) is 9.13. The van der Waals surface area contributed by atoms with E-state index >= 15 is 0 Å². The minimum atomic E-state index is -3.56. The van der Waals surface area contributed by atoms with Crippen LogP contribution in [0.1, 0.15) is 10.4 Å². The molecule has 0 unspecified atom stereocenters. The van der Waals surface area contributed by atoms with Crippen LogP contribution in [-0.2, 0) is 10.0 Å². The second-order valence-electron chi connectivity index (χ2n) is 6.77. The fraction of sp³-hybridized carbons (Fsp3) is 0.350. The van der Waals surface area contributed by atoms with Gasteiger partial charge in [0.2, 0.25) is 15.8 Å². The predicted molar refractivity (Wildman–Crippen MR) is 110 cm³/mol. The molecule has 1 fully saturated rings. The number of piperazine rings is 1. The molecule has 0 saturated carbocycles. The topological polar surface area (TPSA) is 77.3 Å². The Kier molecular flexibility index (Phi) is 6.79. The van der Waals surface area contributed by atoms with E-state index in [0.717, 1.165) is 4.90 Å². The van der Waals surface area contributed by atoms with Gasteiger partial charge >= 0.3 is 0 Å². The standard InChI is InChI=1S/C20H23ClN2O5S/c1-27-16-5-8-20(28-2)18(13-16)19(24)14-22-9-11-23(12-10-22)29(25,26)17-6-3-15(21)4-7-17/h3-8,13H,9-12,14H2,1-2H3/p+1. The molecule has 1 heterocycles. The van der Waals surface area contributed by atoms with Gasteiger partial charge in [-0.05, 0) is 42.5 Å². The highest BCUT2D eigenvalue weighted by Gasteiger charge is 2.31. The molecular formula is C20H24ClN2O5S+. The summed E-state index contributed by atoms with van der Waals surface area (Å²) >= 11 is 5.85. The van der Waals surface area contributed by atoms with Gasteiger partial charge < -0.3 is 14.4 Å². The van der Waals surface area contributed by atoms with Crippen molar-refractivity contribution in [2.75, 3.05) is 46.9 Å². The first-order valence-electron chi connectivity index (χ1n) is 9.19. The van der Waals surface area contributed by atoms with Crippen LogP contribution in [0.4, 0.5) is 0 Å². The molecule has 0 spiro atoms. The Hall–Kier alpha value is -2.13. The Bertz CT molecular complexity index is 971. The minimum absolute atomic E-state index is 0.0650. The molecule has 1 aliphatic heterocycles. The first kappa shape index (κ1) is 21.6. The summed E-state index contributed by atoms with van der Waals surface area (Å²) < 4.78 is 37.5. The molecule has 0 bridgehead atoms. The number of halogens is 1. The first-order valence-corrected chi connectivity index (χ1v) is 11.0. The van der Waals surface area contributed by atoms with E-state index < -0.39 is 10.0 Å². The molecule has 0 aromatic heterocycles. The zero-order chi connectivity index (χ0) is 21.0. The number of ketones is 1. The van der Waals surface area contributed by atoms with Gasteiger partial charge in [0.05, 0.1) is 50.9 Å². The SMILES string of the molecule is COc1ccc(OC)c(C(=O)C[NH+]2CCN(S(=O)(=O)c3ccc(Cl)cc3)CC2)c1. The van der Waals surface area contributed by atoms with Gasteiger partial charge in [0.1, 0.15) is 18.0 Å². The van der Waals surface area contributed by atoms with Crippen molar-refractivity contribution in [1.29, 1.82) is 0 Å². The van der Waals surface area contributed by atoms with Crippen LogP contribution >= 0.6 is 11.6 Å². The number of quaternary nitrogens is 1. The molecule has 0 aliphatic carbocycles. The number of methoxy groups -OCH3 is 2. The molecule has 0 radical (unpaired) electrons. The number of hydrogen-bond acceptors (Lipinski definition) is 5. The van der Waals surface area contributed by atoms with E-state index in [-0.39, 0.29) is 17.2 Å². The summed E-state index contributed by atoms with van der Waals surface area (Å²) in [4.78, 5) is 14.0. The lowest BCUT2D eigenvalue weighted by molar-refractivity contribution is -0.895. The number of sulfonamides is 1. The van der Waals surface area contributed by atoms with Crippen LogP contribution in [0, 0.1) is 0 Å². The van der Waals surface area contributed by atoms with Crippen molar-refractivity contribution < 1.29 is 27.6 Å². The van der Waals surface area contributed by atoms with Gasteiger partial charge in [-0.2, -0.15) is 4.31 Å². The van der Waals surface area contributed by atoms with Crippen LogP contribution in [-0.4, -0.2) is 65.4 Å². The molecule has 0 amide bonds. The Balaban J connectivity index is 1.64. The van der Waals surface area contributed by atoms with Crippen molar-refractivity contribution >= 4 is 27.4 Å². The summed E-state index contributed by atoms with van der Waals surface area (Å²) in [5, 5.41) is 0.490. The molecule has 2 aromatic rings. The van der Waals surface area contributed by atoms with Crippen LogP contribution in [0.3, 0.4) is 0 Å². The number of rotatable bonds is 7. The Morgan fingerprint density at radius 1 is 1.07 bits per heavy atom. The third kappa shape index (κ3) is 4.90. The van der Waals surface area contributed by atoms with Crippen molar-refractivity contribution in [2.45, 2.75) is 4.90 Å². The number of carbonyl (C=O) groups is 1. The maximum atomic E-state index is 12.8. The van der Waals surface area contributed by atoms with Crippen LogP contribution in [0.2, 0.25) is 5.02 Å². The summed E-state index contributed by atoms with van der Waals surface area (Å²) in [6.07, 6.45) is 0. The molecule has 9 heteroatoms. The molecule has 29 heavy (non-hydrogen) atoms. The smallest absolute Gasteiger partial charge is 0.243 e. The number of carbonyl (C=O) groups excluding carboxylic acids is 1. The molecule has 1 aliphatic rings. The van der Waals surface area contributed by atoms with Gasteiger partial charge in [-0.15, -0.1) is 0 Å². The van der Waals surface area contributed by atoms with E-state index in [9.17, 15) is 13.2 Å². The summed E-state index contributed by atoms with van der Waals surface area (Å²) in [6, 6.07) is 11.3. The van der Waals surface area contributed by atoms with Crippen LogP contribution in [0.5, 0.6) is 11.5 Å². The van der Waals surface area contributed by atoms with E-state index in [1.165, 1.54) is 23.5 Å². The molecule has 1 saturated heterocycles. The lowest BCUT2D eigenvalue weighted by Gasteiger charge is -2.31. The average Bonchev–Trinajstić information content (AvgIpc) is 2.74. The van der Waals surface area contributed by atoms with Gasteiger partial charge in [0.25, 0.3) is 0 Å².